The SMILES string of the molecule is CCOC(=O)C(C)(C)C(=O)CN1CC(CO)OC(C)(C)C1. The summed E-state index contributed by atoms with van der Waals surface area (Å²) in [4.78, 5) is 26.2. The van der Waals surface area contributed by atoms with Crippen LogP contribution in [-0.2, 0) is 19.1 Å². The average molecular weight is 301 g/mol. The Balaban J connectivity index is 2.71. The van der Waals surface area contributed by atoms with Gasteiger partial charge in [0, 0.05) is 13.1 Å². The molecule has 0 aromatic heterocycles. The Labute approximate surface area is 126 Å². The number of ether oxygens (including phenoxy) is 2. The number of hydrogen-bond acceptors (Lipinski definition) is 6. The lowest BCUT2D eigenvalue weighted by Crippen LogP contribution is -2.56. The highest BCUT2D eigenvalue weighted by molar-refractivity contribution is 6.03. The highest BCUT2D eigenvalue weighted by Crippen LogP contribution is 2.24. The third kappa shape index (κ3) is 4.76. The van der Waals surface area contributed by atoms with E-state index in [1.165, 1.54) is 0 Å². The van der Waals surface area contributed by atoms with Crippen LogP contribution in [0.2, 0.25) is 0 Å². The number of aliphatic hydroxyl groups is 1. The number of nitrogens with zero attached hydrogens (tertiary/aromatic N) is 1. The summed E-state index contributed by atoms with van der Waals surface area (Å²) < 4.78 is 10.7. The number of Topliss-reactive ketones (excluding diaryl/α,β-unsaturated/α-hetero) is 1. The Morgan fingerprint density at radius 2 is 2.05 bits per heavy atom. The molecule has 6 heteroatoms. The summed E-state index contributed by atoms with van der Waals surface area (Å²) in [7, 11) is 0. The van der Waals surface area contributed by atoms with Gasteiger partial charge in [0.15, 0.2) is 5.78 Å². The molecule has 0 spiro atoms. The maximum atomic E-state index is 12.4. The van der Waals surface area contributed by atoms with Gasteiger partial charge in [0.25, 0.3) is 0 Å². The largest absolute Gasteiger partial charge is 0.465 e. The molecule has 1 atom stereocenters. The molecule has 0 aromatic carbocycles. The van der Waals surface area contributed by atoms with E-state index in [0.29, 0.717) is 13.1 Å². The summed E-state index contributed by atoms with van der Waals surface area (Å²) in [5.41, 5.74) is -1.59. The molecule has 1 fully saturated rings. The molecular weight excluding hydrogens is 274 g/mol. The van der Waals surface area contributed by atoms with Crippen LogP contribution in [0.15, 0.2) is 0 Å². The third-order valence-electron chi connectivity index (χ3n) is 3.61. The Morgan fingerprint density at radius 1 is 1.43 bits per heavy atom. The summed E-state index contributed by atoms with van der Waals surface area (Å²) in [6.45, 7) is 10.1. The Morgan fingerprint density at radius 3 is 2.57 bits per heavy atom. The van der Waals surface area contributed by atoms with Crippen LogP contribution in [0.5, 0.6) is 0 Å². The van der Waals surface area contributed by atoms with E-state index in [9.17, 15) is 14.7 Å². The van der Waals surface area contributed by atoms with Gasteiger partial charge in [-0.25, -0.2) is 0 Å². The number of esters is 1. The lowest BCUT2D eigenvalue weighted by atomic mass is 9.87. The molecule has 0 aliphatic carbocycles. The van der Waals surface area contributed by atoms with Crippen molar-refractivity contribution in [2.24, 2.45) is 5.41 Å². The van der Waals surface area contributed by atoms with Gasteiger partial charge in [0.05, 0.1) is 31.5 Å². The van der Waals surface area contributed by atoms with Gasteiger partial charge in [-0.05, 0) is 34.6 Å². The molecule has 0 radical (unpaired) electrons. The fourth-order valence-corrected chi connectivity index (χ4v) is 2.46. The van der Waals surface area contributed by atoms with Crippen molar-refractivity contribution in [3.63, 3.8) is 0 Å². The van der Waals surface area contributed by atoms with Crippen molar-refractivity contribution in [1.29, 1.82) is 0 Å². The summed E-state index contributed by atoms with van der Waals surface area (Å²) in [5.74, 6) is -0.684. The summed E-state index contributed by atoms with van der Waals surface area (Å²) in [5, 5.41) is 9.28. The van der Waals surface area contributed by atoms with Crippen LogP contribution in [0.3, 0.4) is 0 Å². The zero-order valence-electron chi connectivity index (χ0n) is 13.6. The highest BCUT2D eigenvalue weighted by Gasteiger charge is 2.40. The molecule has 122 valence electrons. The fraction of sp³-hybridized carbons (Fsp3) is 0.867. The van der Waals surface area contributed by atoms with Gasteiger partial charge < -0.3 is 14.6 Å². The first-order chi connectivity index (χ1) is 9.62. The smallest absolute Gasteiger partial charge is 0.319 e. The lowest BCUT2D eigenvalue weighted by molar-refractivity contribution is -0.163. The molecule has 21 heavy (non-hydrogen) atoms. The molecular formula is C15H27NO5. The number of morpholine rings is 1. The second kappa shape index (κ2) is 6.85. The van der Waals surface area contributed by atoms with Gasteiger partial charge in [-0.15, -0.1) is 0 Å². The average Bonchev–Trinajstić information content (AvgIpc) is 2.36. The zero-order chi connectivity index (χ0) is 16.3. The van der Waals surface area contributed by atoms with Gasteiger partial charge >= 0.3 is 5.97 Å². The first-order valence-corrected chi connectivity index (χ1v) is 7.34. The number of rotatable bonds is 6. The van der Waals surface area contributed by atoms with E-state index < -0.39 is 17.0 Å². The van der Waals surface area contributed by atoms with Crippen molar-refractivity contribution in [2.45, 2.75) is 46.3 Å². The van der Waals surface area contributed by atoms with Crippen LogP contribution in [0.1, 0.15) is 34.6 Å². The van der Waals surface area contributed by atoms with Crippen LogP contribution < -0.4 is 0 Å². The Hall–Kier alpha value is -0.980. The van der Waals surface area contributed by atoms with Crippen LogP contribution in [0, 0.1) is 5.41 Å². The van der Waals surface area contributed by atoms with E-state index in [1.807, 2.05) is 18.7 Å². The number of aliphatic hydroxyl groups excluding tert-OH is 1. The molecule has 1 heterocycles. The minimum atomic E-state index is -1.16. The maximum Gasteiger partial charge on any atom is 0.319 e. The van der Waals surface area contributed by atoms with Gasteiger partial charge in [0.1, 0.15) is 5.41 Å². The van der Waals surface area contributed by atoms with E-state index in [1.54, 1.807) is 20.8 Å². The molecule has 1 saturated heterocycles. The van der Waals surface area contributed by atoms with Gasteiger partial charge in [-0.1, -0.05) is 0 Å². The van der Waals surface area contributed by atoms with Crippen molar-refractivity contribution >= 4 is 11.8 Å². The van der Waals surface area contributed by atoms with Crippen molar-refractivity contribution < 1.29 is 24.2 Å². The second-order valence-electron chi connectivity index (χ2n) is 6.62. The first kappa shape index (κ1) is 18.1. The van der Waals surface area contributed by atoms with Crippen LogP contribution >= 0.6 is 0 Å². The fourth-order valence-electron chi connectivity index (χ4n) is 2.46. The van der Waals surface area contributed by atoms with Crippen LogP contribution in [0.4, 0.5) is 0 Å². The minimum Gasteiger partial charge on any atom is -0.465 e. The topological polar surface area (TPSA) is 76.1 Å². The van der Waals surface area contributed by atoms with E-state index >= 15 is 0 Å². The van der Waals surface area contributed by atoms with E-state index in [-0.39, 0.29) is 31.6 Å². The standard InChI is InChI=1S/C15H27NO5/c1-6-20-13(19)15(4,5)12(18)8-16-7-11(9-17)21-14(2,3)10-16/h11,17H,6-10H2,1-5H3. The molecule has 1 rings (SSSR count). The molecule has 0 aromatic rings. The monoisotopic (exact) mass is 301 g/mol. The Bertz CT molecular complexity index is 392. The summed E-state index contributed by atoms with van der Waals surface area (Å²) in [6.07, 6.45) is -0.313. The number of ketones is 1. The van der Waals surface area contributed by atoms with Crippen molar-refractivity contribution in [2.75, 3.05) is 32.8 Å². The lowest BCUT2D eigenvalue weighted by Gasteiger charge is -2.42. The molecule has 1 N–H and O–H groups in total. The van der Waals surface area contributed by atoms with Gasteiger partial charge in [0.2, 0.25) is 0 Å². The predicted molar refractivity (Wildman–Crippen MR) is 77.9 cm³/mol. The number of carbonyl (C=O) groups excluding carboxylic acids is 2. The van der Waals surface area contributed by atoms with Crippen LogP contribution in [-0.4, -0.2) is 66.3 Å². The molecule has 0 bridgehead atoms. The van der Waals surface area contributed by atoms with Crippen molar-refractivity contribution in [3.8, 4) is 0 Å². The zero-order valence-corrected chi connectivity index (χ0v) is 13.6. The van der Waals surface area contributed by atoms with Crippen molar-refractivity contribution in [3.05, 3.63) is 0 Å². The van der Waals surface area contributed by atoms with Crippen molar-refractivity contribution in [1.82, 2.24) is 4.90 Å². The first-order valence-electron chi connectivity index (χ1n) is 7.34. The highest BCUT2D eigenvalue weighted by atomic mass is 16.5. The minimum absolute atomic E-state index is 0.0879. The van der Waals surface area contributed by atoms with E-state index in [2.05, 4.69) is 0 Å². The van der Waals surface area contributed by atoms with E-state index in [4.69, 9.17) is 9.47 Å². The third-order valence-corrected chi connectivity index (χ3v) is 3.61. The van der Waals surface area contributed by atoms with Crippen LogP contribution in [0.25, 0.3) is 0 Å². The normalized spacial score (nSPS) is 22.9. The summed E-state index contributed by atoms with van der Waals surface area (Å²) >= 11 is 0. The second-order valence-corrected chi connectivity index (χ2v) is 6.62. The predicted octanol–water partition coefficient (Wildman–Crippen LogP) is 0.616. The van der Waals surface area contributed by atoms with E-state index in [0.717, 1.165) is 0 Å². The molecule has 1 aliphatic heterocycles. The Kier molecular flexibility index (Phi) is 5.90. The van der Waals surface area contributed by atoms with Gasteiger partial charge in [-0.3, -0.25) is 14.5 Å². The number of carbonyl (C=O) groups is 2. The molecule has 1 unspecified atom stereocenters. The molecule has 0 amide bonds. The maximum absolute atomic E-state index is 12.4. The quantitative estimate of drug-likeness (QED) is 0.572. The molecule has 6 nitrogen and oxygen atoms in total. The van der Waals surface area contributed by atoms with Gasteiger partial charge in [-0.2, -0.15) is 0 Å². The molecule has 0 saturated carbocycles. The molecule has 1 aliphatic rings. The number of hydrogen-bond donors (Lipinski definition) is 1. The summed E-state index contributed by atoms with van der Waals surface area (Å²) in [6, 6.07) is 0.